The number of halogens is 1. The van der Waals surface area contributed by atoms with Gasteiger partial charge in [0.1, 0.15) is 11.5 Å². The Morgan fingerprint density at radius 2 is 1.58 bits per heavy atom. The molecule has 5 rings (SSSR count). The summed E-state index contributed by atoms with van der Waals surface area (Å²) in [5, 5.41) is 3.63. The predicted molar refractivity (Wildman–Crippen MR) is 142 cm³/mol. The van der Waals surface area contributed by atoms with Crippen LogP contribution in [0, 0.1) is 12.3 Å². The number of anilines is 1. The summed E-state index contributed by atoms with van der Waals surface area (Å²) >= 11 is 6.63. The van der Waals surface area contributed by atoms with Gasteiger partial charge in [0, 0.05) is 10.9 Å². The number of nitrogens with zero attached hydrogens (tertiary/aromatic N) is 1. The van der Waals surface area contributed by atoms with Crippen molar-refractivity contribution in [3.63, 3.8) is 0 Å². The van der Waals surface area contributed by atoms with E-state index in [1.807, 2.05) is 6.92 Å². The van der Waals surface area contributed by atoms with Crippen molar-refractivity contribution in [2.24, 2.45) is 5.41 Å². The molecule has 3 aromatic rings. The maximum atomic E-state index is 14.1. The highest BCUT2D eigenvalue weighted by Crippen LogP contribution is 2.59. The zero-order valence-corrected chi connectivity index (χ0v) is 22.6. The minimum Gasteiger partial charge on any atom is -0.468 e. The summed E-state index contributed by atoms with van der Waals surface area (Å²) in [4.78, 5) is 27.1. The van der Waals surface area contributed by atoms with Crippen LogP contribution >= 0.6 is 11.6 Å². The molecule has 1 N–H and O–H groups in total. The van der Waals surface area contributed by atoms with E-state index in [4.69, 9.17) is 21.1 Å². The van der Waals surface area contributed by atoms with Crippen molar-refractivity contribution in [3.05, 3.63) is 94.5 Å². The van der Waals surface area contributed by atoms with Crippen LogP contribution in [0.1, 0.15) is 28.7 Å². The Bertz CT molecular complexity index is 1510. The molecule has 0 aromatic heterocycles. The number of sulfonamides is 1. The predicted octanol–water partition coefficient (Wildman–Crippen LogP) is 3.99. The SMILES string of the molecule is COC(=O)[C@H]1N[C@H]2c3ccccc3N(S(=O)(=O)c3ccc(C)cc3)C[C@]2(C(=O)OC)[C@@H]1c1ccccc1Cl. The number of hydrogen-bond donors (Lipinski definition) is 1. The molecule has 0 amide bonds. The molecule has 2 heterocycles. The normalized spacial score (nSPS) is 24.3. The Morgan fingerprint density at radius 1 is 0.947 bits per heavy atom. The summed E-state index contributed by atoms with van der Waals surface area (Å²) in [7, 11) is -1.60. The maximum absolute atomic E-state index is 14.1. The van der Waals surface area contributed by atoms with E-state index >= 15 is 0 Å². The lowest BCUT2D eigenvalue weighted by molar-refractivity contribution is -0.154. The first-order chi connectivity index (χ1) is 18.2. The Labute approximate surface area is 226 Å². The second-order valence-electron chi connectivity index (χ2n) is 9.52. The van der Waals surface area contributed by atoms with Crippen LogP contribution in [0.4, 0.5) is 5.69 Å². The highest BCUT2D eigenvalue weighted by atomic mass is 35.5. The van der Waals surface area contributed by atoms with E-state index in [9.17, 15) is 18.0 Å². The molecule has 3 aromatic carbocycles. The average molecular weight is 555 g/mol. The molecular formula is C28H27ClN2O6S. The monoisotopic (exact) mass is 554 g/mol. The summed E-state index contributed by atoms with van der Waals surface area (Å²) in [6.45, 7) is 1.59. The quantitative estimate of drug-likeness (QED) is 0.476. The third kappa shape index (κ3) is 3.88. The Balaban J connectivity index is 1.80. The number of rotatable bonds is 5. The molecule has 2 aliphatic heterocycles. The number of carbonyl (C=O) groups is 2. The molecular weight excluding hydrogens is 528 g/mol. The van der Waals surface area contributed by atoms with Crippen LogP contribution in [0.25, 0.3) is 0 Å². The van der Waals surface area contributed by atoms with E-state index in [0.29, 0.717) is 21.8 Å². The summed E-state index contributed by atoms with van der Waals surface area (Å²) in [5.41, 5.74) is 0.827. The van der Waals surface area contributed by atoms with E-state index < -0.39 is 45.4 Å². The maximum Gasteiger partial charge on any atom is 0.323 e. The Kier molecular flexibility index (Phi) is 6.71. The standard InChI is InChI=1S/C28H27ClN2O6S/c1-17-12-14-18(15-13-17)38(34,35)31-16-28(27(33)37-3)23(19-8-4-6-10-21(19)29)24(26(32)36-2)30-25(28)20-9-5-7-11-22(20)31/h4-15,23-25,30H,16H2,1-3H3/t23-,24+,25+,28+/m1/s1. The molecule has 0 bridgehead atoms. The number of benzene rings is 3. The van der Waals surface area contributed by atoms with Gasteiger partial charge in [-0.1, -0.05) is 65.7 Å². The number of para-hydroxylation sites is 1. The summed E-state index contributed by atoms with van der Waals surface area (Å²) in [6.07, 6.45) is 0. The van der Waals surface area contributed by atoms with Crippen LogP contribution in [-0.2, 0) is 29.1 Å². The van der Waals surface area contributed by atoms with Crippen molar-refractivity contribution >= 4 is 39.3 Å². The minimum atomic E-state index is -4.12. The molecule has 0 aliphatic carbocycles. The van der Waals surface area contributed by atoms with Crippen molar-refractivity contribution in [1.82, 2.24) is 5.32 Å². The molecule has 1 saturated heterocycles. The second-order valence-corrected chi connectivity index (χ2v) is 11.8. The molecule has 2 aliphatic rings. The van der Waals surface area contributed by atoms with Gasteiger partial charge in [0.05, 0.1) is 37.4 Å². The second kappa shape index (κ2) is 9.72. The lowest BCUT2D eigenvalue weighted by Gasteiger charge is -2.46. The van der Waals surface area contributed by atoms with Gasteiger partial charge < -0.3 is 9.47 Å². The van der Waals surface area contributed by atoms with Crippen molar-refractivity contribution in [3.8, 4) is 0 Å². The van der Waals surface area contributed by atoms with E-state index in [1.165, 1.54) is 18.5 Å². The largest absolute Gasteiger partial charge is 0.468 e. The molecule has 4 atom stereocenters. The fraction of sp³-hybridized carbons (Fsp3) is 0.286. The van der Waals surface area contributed by atoms with Gasteiger partial charge in [0.15, 0.2) is 0 Å². The Morgan fingerprint density at radius 3 is 2.21 bits per heavy atom. The van der Waals surface area contributed by atoms with Crippen molar-refractivity contribution in [2.45, 2.75) is 29.8 Å². The van der Waals surface area contributed by atoms with Crippen LogP contribution in [0.2, 0.25) is 5.02 Å². The van der Waals surface area contributed by atoms with Gasteiger partial charge in [-0.05, 0) is 42.3 Å². The summed E-state index contributed by atoms with van der Waals surface area (Å²) in [6, 6.07) is 18.6. The van der Waals surface area contributed by atoms with E-state index in [2.05, 4.69) is 5.32 Å². The zero-order chi connectivity index (χ0) is 27.2. The lowest BCUT2D eigenvalue weighted by Crippen LogP contribution is -2.54. The number of ether oxygens (including phenoxy) is 2. The van der Waals surface area contributed by atoms with Gasteiger partial charge in [0.25, 0.3) is 10.0 Å². The number of carbonyl (C=O) groups excluding carboxylic acids is 2. The van der Waals surface area contributed by atoms with Gasteiger partial charge >= 0.3 is 11.9 Å². The molecule has 10 heteroatoms. The van der Waals surface area contributed by atoms with E-state index in [1.54, 1.807) is 72.8 Å². The number of esters is 2. The van der Waals surface area contributed by atoms with Crippen LogP contribution < -0.4 is 9.62 Å². The fourth-order valence-corrected chi connectivity index (χ4v) is 7.60. The molecule has 0 radical (unpaired) electrons. The van der Waals surface area contributed by atoms with Gasteiger partial charge in [-0.25, -0.2) is 8.42 Å². The smallest absolute Gasteiger partial charge is 0.323 e. The van der Waals surface area contributed by atoms with Crippen molar-refractivity contribution in [1.29, 1.82) is 0 Å². The topological polar surface area (TPSA) is 102 Å². The highest BCUT2D eigenvalue weighted by molar-refractivity contribution is 7.92. The average Bonchev–Trinajstić information content (AvgIpc) is 3.28. The van der Waals surface area contributed by atoms with Gasteiger partial charge in [-0.3, -0.25) is 19.2 Å². The van der Waals surface area contributed by atoms with Crippen molar-refractivity contribution in [2.75, 3.05) is 25.1 Å². The van der Waals surface area contributed by atoms with Crippen molar-refractivity contribution < 1.29 is 27.5 Å². The Hall–Kier alpha value is -3.40. The first kappa shape index (κ1) is 26.2. The number of fused-ring (bicyclic) bond motifs is 3. The van der Waals surface area contributed by atoms with E-state index in [0.717, 1.165) is 5.56 Å². The van der Waals surface area contributed by atoms with Crippen LogP contribution in [0.5, 0.6) is 0 Å². The van der Waals surface area contributed by atoms with Crippen LogP contribution in [0.15, 0.2) is 77.7 Å². The summed E-state index contributed by atoms with van der Waals surface area (Å²) < 4.78 is 40.0. The summed E-state index contributed by atoms with van der Waals surface area (Å²) in [5.74, 6) is -2.16. The zero-order valence-electron chi connectivity index (χ0n) is 21.1. The molecule has 1 fully saturated rings. The third-order valence-electron chi connectivity index (χ3n) is 7.54. The number of hydrogen-bond acceptors (Lipinski definition) is 7. The lowest BCUT2D eigenvalue weighted by atomic mass is 9.65. The van der Waals surface area contributed by atoms with Gasteiger partial charge in [0.2, 0.25) is 0 Å². The molecule has 0 saturated carbocycles. The molecule has 0 spiro atoms. The third-order valence-corrected chi connectivity index (χ3v) is 9.66. The number of nitrogens with one attached hydrogen (secondary N) is 1. The first-order valence-electron chi connectivity index (χ1n) is 12.0. The molecule has 198 valence electrons. The first-order valence-corrected chi connectivity index (χ1v) is 13.8. The molecule has 8 nitrogen and oxygen atoms in total. The molecule has 0 unspecified atom stereocenters. The highest BCUT2D eigenvalue weighted by Gasteiger charge is 2.67. The minimum absolute atomic E-state index is 0.0844. The van der Waals surface area contributed by atoms with Gasteiger partial charge in [-0.15, -0.1) is 0 Å². The number of aryl methyl sites for hydroxylation is 1. The van der Waals surface area contributed by atoms with E-state index in [-0.39, 0.29) is 11.4 Å². The van der Waals surface area contributed by atoms with Crippen LogP contribution in [-0.4, -0.2) is 47.2 Å². The molecule has 38 heavy (non-hydrogen) atoms. The fourth-order valence-electron chi connectivity index (χ4n) is 5.81. The van der Waals surface area contributed by atoms with Gasteiger partial charge in [-0.2, -0.15) is 0 Å². The number of methoxy groups -OCH3 is 2. The van der Waals surface area contributed by atoms with Crippen LogP contribution in [0.3, 0.4) is 0 Å².